The Hall–Kier alpha value is -1.99. The summed E-state index contributed by atoms with van der Waals surface area (Å²) in [5, 5.41) is 0. The quantitative estimate of drug-likeness (QED) is 0.733. The second kappa shape index (κ2) is 6.32. The normalized spacial score (nSPS) is 18.8. The van der Waals surface area contributed by atoms with E-state index in [2.05, 4.69) is 0 Å². The fourth-order valence-electron chi connectivity index (χ4n) is 2.58. The number of hydrogen-bond donors (Lipinski definition) is 0. The maximum atomic E-state index is 12.8. The third kappa shape index (κ3) is 3.74. The summed E-state index contributed by atoms with van der Waals surface area (Å²) < 4.78 is 56.1. The molecule has 1 heterocycles. The molecule has 0 spiro atoms. The van der Waals surface area contributed by atoms with Crippen LogP contribution in [0.5, 0.6) is 11.5 Å². The molecular formula is C19H20BF3O3. The van der Waals surface area contributed by atoms with Crippen LogP contribution in [0.25, 0.3) is 0 Å². The maximum absolute atomic E-state index is 12.8. The molecule has 0 radical (unpaired) electrons. The third-order valence-electron chi connectivity index (χ3n) is 4.78. The van der Waals surface area contributed by atoms with Gasteiger partial charge in [0.15, 0.2) is 0 Å². The molecule has 26 heavy (non-hydrogen) atoms. The monoisotopic (exact) mass is 364 g/mol. The van der Waals surface area contributed by atoms with Crippen molar-refractivity contribution in [1.29, 1.82) is 0 Å². The van der Waals surface area contributed by atoms with E-state index in [1.54, 1.807) is 18.2 Å². The van der Waals surface area contributed by atoms with Crippen LogP contribution in [0.3, 0.4) is 0 Å². The van der Waals surface area contributed by atoms with Gasteiger partial charge < -0.3 is 14.0 Å². The Morgan fingerprint density at radius 1 is 0.846 bits per heavy atom. The Bertz CT molecular complexity index is 787. The SMILES string of the molecule is CC1(C)OB(c2cccc(Oc3cccc(C(F)(F)F)c3)c2)OC1(C)C. The molecule has 1 saturated heterocycles. The van der Waals surface area contributed by atoms with Gasteiger partial charge >= 0.3 is 13.3 Å². The molecule has 0 bridgehead atoms. The number of halogens is 3. The smallest absolute Gasteiger partial charge is 0.457 e. The number of ether oxygens (including phenoxy) is 1. The first-order chi connectivity index (χ1) is 12.0. The molecule has 2 aromatic carbocycles. The van der Waals surface area contributed by atoms with E-state index in [0.717, 1.165) is 17.6 Å². The summed E-state index contributed by atoms with van der Waals surface area (Å²) in [5.74, 6) is 0.530. The van der Waals surface area contributed by atoms with Gasteiger partial charge in [-0.15, -0.1) is 0 Å². The second-order valence-corrected chi connectivity index (χ2v) is 7.29. The summed E-state index contributed by atoms with van der Waals surface area (Å²) >= 11 is 0. The molecule has 0 N–H and O–H groups in total. The van der Waals surface area contributed by atoms with Gasteiger partial charge in [0.25, 0.3) is 0 Å². The summed E-state index contributed by atoms with van der Waals surface area (Å²) in [7, 11) is -0.565. The number of alkyl halides is 3. The van der Waals surface area contributed by atoms with Crippen molar-refractivity contribution >= 4 is 12.6 Å². The summed E-state index contributed by atoms with van der Waals surface area (Å²) in [4.78, 5) is 0. The lowest BCUT2D eigenvalue weighted by Gasteiger charge is -2.32. The lowest BCUT2D eigenvalue weighted by molar-refractivity contribution is -0.137. The van der Waals surface area contributed by atoms with Gasteiger partial charge in [-0.1, -0.05) is 18.2 Å². The molecule has 2 aromatic rings. The van der Waals surface area contributed by atoms with Crippen LogP contribution in [0.15, 0.2) is 48.5 Å². The van der Waals surface area contributed by atoms with Crippen molar-refractivity contribution in [3.05, 3.63) is 54.1 Å². The molecule has 0 unspecified atom stereocenters. The molecule has 138 valence electrons. The molecule has 0 aromatic heterocycles. The van der Waals surface area contributed by atoms with Crippen molar-refractivity contribution in [2.75, 3.05) is 0 Å². The Labute approximate surface area is 151 Å². The van der Waals surface area contributed by atoms with E-state index in [4.69, 9.17) is 14.0 Å². The lowest BCUT2D eigenvalue weighted by atomic mass is 9.79. The van der Waals surface area contributed by atoms with Crippen molar-refractivity contribution in [3.8, 4) is 11.5 Å². The van der Waals surface area contributed by atoms with Crippen LogP contribution < -0.4 is 10.2 Å². The number of rotatable bonds is 3. The minimum absolute atomic E-state index is 0.117. The first-order valence-electron chi connectivity index (χ1n) is 8.29. The van der Waals surface area contributed by atoms with Crippen LogP contribution in [0, 0.1) is 0 Å². The van der Waals surface area contributed by atoms with Crippen LogP contribution in [0.1, 0.15) is 33.3 Å². The van der Waals surface area contributed by atoms with Crippen LogP contribution >= 0.6 is 0 Å². The van der Waals surface area contributed by atoms with Crippen molar-refractivity contribution in [2.45, 2.75) is 45.1 Å². The van der Waals surface area contributed by atoms with Gasteiger partial charge in [0.1, 0.15) is 11.5 Å². The predicted molar refractivity (Wildman–Crippen MR) is 93.7 cm³/mol. The molecule has 0 atom stereocenters. The van der Waals surface area contributed by atoms with Crippen molar-refractivity contribution in [3.63, 3.8) is 0 Å². The van der Waals surface area contributed by atoms with Crippen molar-refractivity contribution < 1.29 is 27.2 Å². The molecular weight excluding hydrogens is 344 g/mol. The Morgan fingerprint density at radius 3 is 1.96 bits per heavy atom. The zero-order chi connectivity index (χ0) is 19.2. The van der Waals surface area contributed by atoms with Gasteiger partial charge in [0, 0.05) is 0 Å². The Balaban J connectivity index is 1.81. The first-order valence-corrected chi connectivity index (χ1v) is 8.29. The van der Waals surface area contributed by atoms with E-state index in [1.807, 2.05) is 33.8 Å². The molecule has 3 rings (SSSR count). The molecule has 7 heteroatoms. The molecule has 1 aliphatic heterocycles. The van der Waals surface area contributed by atoms with E-state index in [-0.39, 0.29) is 5.75 Å². The molecule has 1 aliphatic rings. The van der Waals surface area contributed by atoms with Gasteiger partial charge in [-0.25, -0.2) is 0 Å². The second-order valence-electron chi connectivity index (χ2n) is 7.29. The minimum Gasteiger partial charge on any atom is -0.457 e. The van der Waals surface area contributed by atoms with Crippen molar-refractivity contribution in [1.82, 2.24) is 0 Å². The predicted octanol–water partition coefficient (Wildman–Crippen LogP) is 4.80. The van der Waals surface area contributed by atoms with E-state index >= 15 is 0 Å². The minimum atomic E-state index is -4.41. The summed E-state index contributed by atoms with van der Waals surface area (Å²) in [6, 6.07) is 11.8. The highest BCUT2D eigenvalue weighted by molar-refractivity contribution is 6.62. The lowest BCUT2D eigenvalue weighted by Crippen LogP contribution is -2.41. The van der Waals surface area contributed by atoms with Crippen LogP contribution in [0.2, 0.25) is 0 Å². The van der Waals surface area contributed by atoms with Gasteiger partial charge in [0.2, 0.25) is 0 Å². The number of benzene rings is 2. The molecule has 0 saturated carbocycles. The van der Waals surface area contributed by atoms with Crippen LogP contribution in [-0.2, 0) is 15.5 Å². The van der Waals surface area contributed by atoms with Gasteiger partial charge in [-0.2, -0.15) is 13.2 Å². The Morgan fingerprint density at radius 2 is 1.38 bits per heavy atom. The zero-order valence-electron chi connectivity index (χ0n) is 15.1. The summed E-state index contributed by atoms with van der Waals surface area (Å²) in [6.07, 6.45) is -4.41. The van der Waals surface area contributed by atoms with E-state index in [1.165, 1.54) is 12.1 Å². The maximum Gasteiger partial charge on any atom is 0.494 e. The molecule has 0 amide bonds. The first kappa shape index (κ1) is 18.8. The average molecular weight is 364 g/mol. The topological polar surface area (TPSA) is 27.7 Å². The fourth-order valence-corrected chi connectivity index (χ4v) is 2.58. The largest absolute Gasteiger partial charge is 0.494 e. The third-order valence-corrected chi connectivity index (χ3v) is 4.78. The summed E-state index contributed by atoms with van der Waals surface area (Å²) in [5.41, 5.74) is -0.962. The van der Waals surface area contributed by atoms with Crippen LogP contribution in [0.4, 0.5) is 13.2 Å². The van der Waals surface area contributed by atoms with Gasteiger partial charge in [-0.3, -0.25) is 0 Å². The van der Waals surface area contributed by atoms with Gasteiger partial charge in [-0.05, 0) is 63.5 Å². The van der Waals surface area contributed by atoms with Crippen molar-refractivity contribution in [2.24, 2.45) is 0 Å². The van der Waals surface area contributed by atoms with Gasteiger partial charge in [0.05, 0.1) is 16.8 Å². The standard InChI is InChI=1S/C19H20BF3O3/c1-17(2)18(3,4)26-20(25-17)14-8-6-10-16(12-14)24-15-9-5-7-13(11-15)19(21,22)23/h5-12H,1-4H3. The van der Waals surface area contributed by atoms with E-state index < -0.39 is 30.1 Å². The highest BCUT2D eigenvalue weighted by Gasteiger charge is 2.51. The average Bonchev–Trinajstić information content (AvgIpc) is 2.75. The fraction of sp³-hybridized carbons (Fsp3) is 0.368. The van der Waals surface area contributed by atoms with E-state index in [9.17, 15) is 13.2 Å². The van der Waals surface area contributed by atoms with Crippen LogP contribution in [-0.4, -0.2) is 18.3 Å². The highest BCUT2D eigenvalue weighted by Crippen LogP contribution is 2.37. The molecule has 3 nitrogen and oxygen atoms in total. The molecule has 0 aliphatic carbocycles. The zero-order valence-corrected chi connectivity index (χ0v) is 15.1. The summed E-state index contributed by atoms with van der Waals surface area (Å²) in [6.45, 7) is 7.82. The Kier molecular flexibility index (Phi) is 4.57. The van der Waals surface area contributed by atoms with E-state index in [0.29, 0.717) is 5.75 Å². The molecule has 1 fully saturated rings. The number of hydrogen-bond acceptors (Lipinski definition) is 3. The highest BCUT2D eigenvalue weighted by atomic mass is 19.4.